The first kappa shape index (κ1) is 12.3. The zero-order valence-electron chi connectivity index (χ0n) is 10.3. The Hall–Kier alpha value is -0.755. The van der Waals surface area contributed by atoms with Crippen molar-refractivity contribution in [2.75, 3.05) is 7.11 Å². The lowest BCUT2D eigenvalue weighted by Gasteiger charge is -2.13. The minimum Gasteiger partial charge on any atom is -0.380 e. The van der Waals surface area contributed by atoms with Gasteiger partial charge in [-0.3, -0.25) is 0 Å². The van der Waals surface area contributed by atoms with Gasteiger partial charge in [0.05, 0.1) is 6.61 Å². The number of benzene rings is 1. The SMILES string of the molecule is Bc1ccc(C(C)CCC)cc1COC. The molecular formula is C13H21BO. The second-order valence-electron chi connectivity index (χ2n) is 4.31. The van der Waals surface area contributed by atoms with Crippen LogP contribution in [0.2, 0.25) is 0 Å². The Balaban J connectivity index is 2.86. The number of hydrogen-bond acceptors (Lipinski definition) is 1. The second-order valence-corrected chi connectivity index (χ2v) is 4.31. The first-order valence-electron chi connectivity index (χ1n) is 5.77. The van der Waals surface area contributed by atoms with Crippen LogP contribution in [0.5, 0.6) is 0 Å². The fourth-order valence-corrected chi connectivity index (χ4v) is 1.91. The van der Waals surface area contributed by atoms with E-state index in [1.807, 2.05) is 0 Å². The monoisotopic (exact) mass is 204 g/mol. The van der Waals surface area contributed by atoms with Crippen molar-refractivity contribution in [3.05, 3.63) is 29.3 Å². The zero-order valence-corrected chi connectivity index (χ0v) is 10.3. The van der Waals surface area contributed by atoms with Crippen molar-refractivity contribution in [3.8, 4) is 0 Å². The Morgan fingerprint density at radius 1 is 1.40 bits per heavy atom. The molecule has 0 aliphatic rings. The first-order valence-corrected chi connectivity index (χ1v) is 5.77. The van der Waals surface area contributed by atoms with Gasteiger partial charge in [-0.25, -0.2) is 0 Å². The molecule has 1 unspecified atom stereocenters. The van der Waals surface area contributed by atoms with Gasteiger partial charge in [0.1, 0.15) is 7.85 Å². The molecule has 0 N–H and O–H groups in total. The van der Waals surface area contributed by atoms with E-state index < -0.39 is 0 Å². The predicted octanol–water partition coefficient (Wildman–Crippen LogP) is 2.00. The topological polar surface area (TPSA) is 9.23 Å². The zero-order chi connectivity index (χ0) is 11.3. The summed E-state index contributed by atoms with van der Waals surface area (Å²) in [4.78, 5) is 0. The highest BCUT2D eigenvalue weighted by Crippen LogP contribution is 2.20. The minimum atomic E-state index is 0.659. The fourth-order valence-electron chi connectivity index (χ4n) is 1.91. The van der Waals surface area contributed by atoms with Gasteiger partial charge in [0.25, 0.3) is 0 Å². The lowest BCUT2D eigenvalue weighted by molar-refractivity contribution is 0.185. The van der Waals surface area contributed by atoms with Crippen LogP contribution in [0.4, 0.5) is 0 Å². The maximum Gasteiger partial charge on any atom is 0.139 e. The fraction of sp³-hybridized carbons (Fsp3) is 0.538. The molecule has 2 heteroatoms. The average molecular weight is 204 g/mol. The van der Waals surface area contributed by atoms with Crippen LogP contribution in [0.15, 0.2) is 18.2 Å². The third-order valence-corrected chi connectivity index (χ3v) is 2.96. The molecule has 0 heterocycles. The van der Waals surface area contributed by atoms with Gasteiger partial charge in [-0.05, 0) is 23.5 Å². The van der Waals surface area contributed by atoms with Gasteiger partial charge >= 0.3 is 0 Å². The molecule has 0 spiro atoms. The predicted molar refractivity (Wildman–Crippen MR) is 68.7 cm³/mol. The normalized spacial score (nSPS) is 12.7. The van der Waals surface area contributed by atoms with E-state index in [4.69, 9.17) is 4.74 Å². The lowest BCUT2D eigenvalue weighted by atomic mass is 9.86. The van der Waals surface area contributed by atoms with Crippen LogP contribution in [0, 0.1) is 0 Å². The summed E-state index contributed by atoms with van der Waals surface area (Å²) in [5.41, 5.74) is 4.08. The number of methoxy groups -OCH3 is 1. The molecule has 1 aromatic carbocycles. The number of hydrogen-bond donors (Lipinski definition) is 0. The summed E-state index contributed by atoms with van der Waals surface area (Å²) < 4.78 is 5.20. The summed E-state index contributed by atoms with van der Waals surface area (Å²) in [6, 6.07) is 6.74. The molecule has 1 atom stereocenters. The van der Waals surface area contributed by atoms with E-state index in [-0.39, 0.29) is 0 Å². The van der Waals surface area contributed by atoms with E-state index in [1.54, 1.807) is 7.11 Å². The smallest absolute Gasteiger partial charge is 0.139 e. The van der Waals surface area contributed by atoms with Gasteiger partial charge in [-0.2, -0.15) is 0 Å². The molecular weight excluding hydrogens is 183 g/mol. The third-order valence-electron chi connectivity index (χ3n) is 2.96. The summed E-state index contributed by atoms with van der Waals surface area (Å²) in [6.45, 7) is 5.25. The number of ether oxygens (including phenoxy) is 1. The molecule has 0 aliphatic heterocycles. The van der Waals surface area contributed by atoms with E-state index in [9.17, 15) is 0 Å². The van der Waals surface area contributed by atoms with Crippen molar-refractivity contribution in [2.24, 2.45) is 0 Å². The van der Waals surface area contributed by atoms with Gasteiger partial charge in [0.2, 0.25) is 0 Å². The van der Waals surface area contributed by atoms with Gasteiger partial charge in [-0.1, -0.05) is 43.9 Å². The molecule has 0 saturated heterocycles. The molecule has 0 bridgehead atoms. The Morgan fingerprint density at radius 3 is 2.73 bits per heavy atom. The van der Waals surface area contributed by atoms with Crippen molar-refractivity contribution < 1.29 is 4.74 Å². The van der Waals surface area contributed by atoms with Crippen LogP contribution in [0.1, 0.15) is 43.7 Å². The highest BCUT2D eigenvalue weighted by Gasteiger charge is 2.06. The summed E-state index contributed by atoms with van der Waals surface area (Å²) in [7, 11) is 3.89. The molecule has 0 aliphatic carbocycles. The highest BCUT2D eigenvalue weighted by atomic mass is 16.5. The van der Waals surface area contributed by atoms with Crippen molar-refractivity contribution in [1.29, 1.82) is 0 Å². The second kappa shape index (κ2) is 5.97. The molecule has 1 aromatic rings. The maximum absolute atomic E-state index is 5.20. The Kier molecular flexibility index (Phi) is 4.90. The van der Waals surface area contributed by atoms with Crippen LogP contribution < -0.4 is 5.46 Å². The standard InChI is InChI=1S/C13H21BO/c1-4-5-10(2)11-6-7-13(14)12(8-11)9-15-3/h6-8,10H,4-5,9,14H2,1-3H3. The van der Waals surface area contributed by atoms with Crippen LogP contribution >= 0.6 is 0 Å². The van der Waals surface area contributed by atoms with Crippen LogP contribution in [-0.2, 0) is 11.3 Å². The number of rotatable bonds is 5. The van der Waals surface area contributed by atoms with Crippen LogP contribution in [0.3, 0.4) is 0 Å². The highest BCUT2D eigenvalue weighted by molar-refractivity contribution is 6.33. The van der Waals surface area contributed by atoms with Crippen molar-refractivity contribution in [3.63, 3.8) is 0 Å². The van der Waals surface area contributed by atoms with E-state index >= 15 is 0 Å². The molecule has 0 saturated carbocycles. The third kappa shape index (κ3) is 3.38. The Morgan fingerprint density at radius 2 is 2.13 bits per heavy atom. The van der Waals surface area contributed by atoms with Gasteiger partial charge in [-0.15, -0.1) is 0 Å². The average Bonchev–Trinajstić information content (AvgIpc) is 2.22. The lowest BCUT2D eigenvalue weighted by Crippen LogP contribution is -2.12. The Bertz CT molecular complexity index is 309. The first-order chi connectivity index (χ1) is 7.19. The van der Waals surface area contributed by atoms with E-state index in [0.29, 0.717) is 5.92 Å². The molecule has 82 valence electrons. The maximum atomic E-state index is 5.20. The molecule has 0 fully saturated rings. The molecule has 15 heavy (non-hydrogen) atoms. The largest absolute Gasteiger partial charge is 0.380 e. The summed E-state index contributed by atoms with van der Waals surface area (Å²) in [5.74, 6) is 0.659. The van der Waals surface area contributed by atoms with Crippen LogP contribution in [-0.4, -0.2) is 15.0 Å². The van der Waals surface area contributed by atoms with Gasteiger partial charge in [0.15, 0.2) is 0 Å². The van der Waals surface area contributed by atoms with E-state index in [2.05, 4.69) is 39.9 Å². The van der Waals surface area contributed by atoms with Crippen molar-refractivity contribution in [1.82, 2.24) is 0 Å². The van der Waals surface area contributed by atoms with Gasteiger partial charge in [0, 0.05) is 7.11 Å². The molecule has 0 radical (unpaired) electrons. The Labute approximate surface area is 94.3 Å². The quantitative estimate of drug-likeness (QED) is 0.666. The summed E-state index contributed by atoms with van der Waals surface area (Å²) >= 11 is 0. The minimum absolute atomic E-state index is 0.659. The van der Waals surface area contributed by atoms with Crippen LogP contribution in [0.25, 0.3) is 0 Å². The van der Waals surface area contributed by atoms with Crippen molar-refractivity contribution in [2.45, 2.75) is 39.2 Å². The molecule has 1 nitrogen and oxygen atoms in total. The van der Waals surface area contributed by atoms with Crippen molar-refractivity contribution >= 4 is 13.3 Å². The van der Waals surface area contributed by atoms with E-state index in [0.717, 1.165) is 6.61 Å². The summed E-state index contributed by atoms with van der Waals surface area (Å²) in [5, 5.41) is 0. The molecule has 1 rings (SSSR count). The molecule has 0 amide bonds. The van der Waals surface area contributed by atoms with E-state index in [1.165, 1.54) is 29.4 Å². The molecule has 0 aromatic heterocycles. The summed E-state index contributed by atoms with van der Waals surface area (Å²) in [6.07, 6.45) is 2.50. The van der Waals surface area contributed by atoms with Gasteiger partial charge < -0.3 is 4.74 Å².